The lowest BCUT2D eigenvalue weighted by atomic mass is 10.2. The molecule has 0 amide bonds. The summed E-state index contributed by atoms with van der Waals surface area (Å²) in [6, 6.07) is 4.47. The van der Waals surface area contributed by atoms with Crippen molar-refractivity contribution in [3.05, 3.63) is 29.6 Å². The Kier molecular flexibility index (Phi) is 3.02. The average molecular weight is 172 g/mol. The van der Waals surface area contributed by atoms with E-state index in [1.165, 1.54) is 6.07 Å². The van der Waals surface area contributed by atoms with E-state index in [0.717, 1.165) is 0 Å². The van der Waals surface area contributed by atoms with Crippen LogP contribution in [-0.2, 0) is 0 Å². The van der Waals surface area contributed by atoms with Crippen LogP contribution in [-0.4, -0.2) is 13.3 Å². The molecule has 0 heterocycles. The second-order valence-electron chi connectivity index (χ2n) is 2.45. The fourth-order valence-corrected chi connectivity index (χ4v) is 0.820. The first-order valence-corrected chi connectivity index (χ1v) is 3.69. The summed E-state index contributed by atoms with van der Waals surface area (Å²) in [7, 11) is 0. The van der Waals surface area contributed by atoms with E-state index in [9.17, 15) is 8.78 Å². The van der Waals surface area contributed by atoms with Crippen LogP contribution in [0.3, 0.4) is 0 Å². The van der Waals surface area contributed by atoms with Crippen LogP contribution in [0.4, 0.5) is 8.78 Å². The molecule has 0 atom stereocenters. The van der Waals surface area contributed by atoms with E-state index in [4.69, 9.17) is 4.74 Å². The number of halogens is 2. The van der Waals surface area contributed by atoms with Crippen LogP contribution < -0.4 is 4.74 Å². The summed E-state index contributed by atoms with van der Waals surface area (Å²) in [4.78, 5) is 0. The summed E-state index contributed by atoms with van der Waals surface area (Å²) in [5.74, 6) is 0.0436. The maximum Gasteiger partial charge on any atom is 0.129 e. The normalized spacial score (nSPS) is 9.92. The number of aryl methyl sites for hydroxylation is 1. The highest BCUT2D eigenvalue weighted by molar-refractivity contribution is 5.27. The van der Waals surface area contributed by atoms with Crippen molar-refractivity contribution in [1.29, 1.82) is 0 Å². The minimum atomic E-state index is -0.560. The molecule has 0 radical (unpaired) electrons. The van der Waals surface area contributed by atoms with Gasteiger partial charge in [0.2, 0.25) is 0 Å². The molecule has 3 heteroatoms. The second kappa shape index (κ2) is 4.04. The maximum atomic E-state index is 12.8. The highest BCUT2D eigenvalue weighted by atomic mass is 19.1. The molecule has 0 aliphatic rings. The molecular formula is C9H10F2O. The highest BCUT2D eigenvalue weighted by Gasteiger charge is 1.99. The van der Waals surface area contributed by atoms with Gasteiger partial charge in [0.25, 0.3) is 0 Å². The van der Waals surface area contributed by atoms with Gasteiger partial charge < -0.3 is 4.74 Å². The minimum Gasteiger partial charge on any atom is -0.491 e. The molecule has 1 aromatic carbocycles. The third-order valence-corrected chi connectivity index (χ3v) is 1.49. The van der Waals surface area contributed by atoms with Crippen molar-refractivity contribution in [3.8, 4) is 5.75 Å². The van der Waals surface area contributed by atoms with Gasteiger partial charge >= 0.3 is 0 Å². The standard InChI is InChI=1S/C9H10F2O/c1-7-2-3-8(6-9(7)11)12-5-4-10/h2-3,6H,4-5H2,1H3. The highest BCUT2D eigenvalue weighted by Crippen LogP contribution is 2.15. The number of hydrogen-bond donors (Lipinski definition) is 0. The van der Waals surface area contributed by atoms with Crippen molar-refractivity contribution in [2.45, 2.75) is 6.92 Å². The van der Waals surface area contributed by atoms with E-state index in [1.54, 1.807) is 19.1 Å². The molecule has 0 fully saturated rings. The Morgan fingerprint density at radius 2 is 2.17 bits per heavy atom. The summed E-state index contributed by atoms with van der Waals surface area (Å²) in [6.07, 6.45) is 0. The van der Waals surface area contributed by atoms with Crippen LogP contribution in [0.5, 0.6) is 5.75 Å². The quantitative estimate of drug-likeness (QED) is 0.680. The summed E-state index contributed by atoms with van der Waals surface area (Å²) in [5, 5.41) is 0. The molecule has 0 N–H and O–H groups in total. The molecule has 0 aliphatic carbocycles. The Morgan fingerprint density at radius 3 is 2.75 bits per heavy atom. The average Bonchev–Trinajstić information content (AvgIpc) is 2.07. The van der Waals surface area contributed by atoms with Crippen LogP contribution in [0.15, 0.2) is 18.2 Å². The molecule has 0 unspecified atom stereocenters. The van der Waals surface area contributed by atoms with E-state index < -0.39 is 6.67 Å². The predicted octanol–water partition coefficient (Wildman–Crippen LogP) is 2.48. The molecule has 0 spiro atoms. The van der Waals surface area contributed by atoms with Crippen molar-refractivity contribution in [1.82, 2.24) is 0 Å². The molecule has 0 saturated carbocycles. The van der Waals surface area contributed by atoms with Gasteiger partial charge in [0.05, 0.1) is 0 Å². The van der Waals surface area contributed by atoms with Crippen LogP contribution in [0.1, 0.15) is 5.56 Å². The lowest BCUT2D eigenvalue weighted by Crippen LogP contribution is -1.99. The largest absolute Gasteiger partial charge is 0.491 e. The topological polar surface area (TPSA) is 9.23 Å². The van der Waals surface area contributed by atoms with Crippen molar-refractivity contribution in [2.75, 3.05) is 13.3 Å². The number of hydrogen-bond acceptors (Lipinski definition) is 1. The second-order valence-corrected chi connectivity index (χ2v) is 2.45. The zero-order valence-corrected chi connectivity index (χ0v) is 6.81. The van der Waals surface area contributed by atoms with Gasteiger partial charge in [0.1, 0.15) is 24.8 Å². The monoisotopic (exact) mass is 172 g/mol. The number of benzene rings is 1. The minimum absolute atomic E-state index is 0.0253. The molecular weight excluding hydrogens is 162 g/mol. The van der Waals surface area contributed by atoms with Crippen LogP contribution in [0, 0.1) is 12.7 Å². The molecule has 0 saturated heterocycles. The first-order valence-electron chi connectivity index (χ1n) is 3.69. The molecule has 1 nitrogen and oxygen atoms in total. The van der Waals surface area contributed by atoms with E-state index >= 15 is 0 Å². The van der Waals surface area contributed by atoms with Crippen molar-refractivity contribution in [2.24, 2.45) is 0 Å². The third kappa shape index (κ3) is 2.19. The number of alkyl halides is 1. The zero-order valence-electron chi connectivity index (χ0n) is 6.81. The van der Waals surface area contributed by atoms with Gasteiger partial charge in [0.15, 0.2) is 0 Å². The van der Waals surface area contributed by atoms with Crippen LogP contribution in [0.25, 0.3) is 0 Å². The van der Waals surface area contributed by atoms with Gasteiger partial charge in [-0.2, -0.15) is 0 Å². The van der Waals surface area contributed by atoms with Crippen LogP contribution in [0.2, 0.25) is 0 Å². The first-order chi connectivity index (χ1) is 5.74. The molecule has 0 aliphatic heterocycles. The molecule has 1 aromatic rings. The summed E-state index contributed by atoms with van der Waals surface area (Å²) in [5.41, 5.74) is 0.558. The maximum absolute atomic E-state index is 12.8. The molecule has 12 heavy (non-hydrogen) atoms. The van der Waals surface area contributed by atoms with Crippen LogP contribution >= 0.6 is 0 Å². The zero-order chi connectivity index (χ0) is 8.97. The Hall–Kier alpha value is -1.12. The Morgan fingerprint density at radius 1 is 1.42 bits per heavy atom. The van der Waals surface area contributed by atoms with Gasteiger partial charge in [-0.15, -0.1) is 0 Å². The lowest BCUT2D eigenvalue weighted by Gasteiger charge is -2.03. The first kappa shape index (κ1) is 8.97. The molecule has 0 bridgehead atoms. The summed E-state index contributed by atoms with van der Waals surface area (Å²) < 4.78 is 29.3. The van der Waals surface area contributed by atoms with Gasteiger partial charge in [-0.25, -0.2) is 8.78 Å². The number of rotatable bonds is 3. The fourth-order valence-electron chi connectivity index (χ4n) is 0.820. The van der Waals surface area contributed by atoms with Crippen molar-refractivity contribution in [3.63, 3.8) is 0 Å². The van der Waals surface area contributed by atoms with Gasteiger partial charge in [-0.1, -0.05) is 6.07 Å². The summed E-state index contributed by atoms with van der Waals surface area (Å²) >= 11 is 0. The number of ether oxygens (including phenoxy) is 1. The van der Waals surface area contributed by atoms with Crippen molar-refractivity contribution < 1.29 is 13.5 Å². The predicted molar refractivity (Wildman–Crippen MR) is 42.6 cm³/mol. The van der Waals surface area contributed by atoms with Gasteiger partial charge in [-0.3, -0.25) is 0 Å². The Balaban J connectivity index is 2.69. The Labute approximate surface area is 70.0 Å². The Bertz CT molecular complexity index is 261. The third-order valence-electron chi connectivity index (χ3n) is 1.49. The SMILES string of the molecule is Cc1ccc(OCCF)cc1F. The van der Waals surface area contributed by atoms with Gasteiger partial charge in [-0.05, 0) is 18.6 Å². The summed E-state index contributed by atoms with van der Waals surface area (Å²) in [6.45, 7) is 1.08. The lowest BCUT2D eigenvalue weighted by molar-refractivity contribution is 0.272. The smallest absolute Gasteiger partial charge is 0.129 e. The molecule has 0 aromatic heterocycles. The molecule has 66 valence electrons. The van der Waals surface area contributed by atoms with E-state index in [2.05, 4.69) is 0 Å². The van der Waals surface area contributed by atoms with E-state index in [-0.39, 0.29) is 12.4 Å². The van der Waals surface area contributed by atoms with E-state index in [0.29, 0.717) is 11.3 Å². The van der Waals surface area contributed by atoms with E-state index in [1.807, 2.05) is 0 Å². The molecule has 1 rings (SSSR count). The van der Waals surface area contributed by atoms with Gasteiger partial charge in [0, 0.05) is 6.07 Å². The fraction of sp³-hybridized carbons (Fsp3) is 0.333. The van der Waals surface area contributed by atoms with Crippen molar-refractivity contribution >= 4 is 0 Å².